The summed E-state index contributed by atoms with van der Waals surface area (Å²) in [5, 5.41) is 0. The van der Waals surface area contributed by atoms with E-state index in [0.717, 1.165) is 25.7 Å². The van der Waals surface area contributed by atoms with Gasteiger partial charge in [0.2, 0.25) is 5.70 Å². The minimum absolute atomic E-state index is 0.143. The molecule has 0 unspecified atom stereocenters. The van der Waals surface area contributed by atoms with Crippen LogP contribution in [0.2, 0.25) is 0 Å². The van der Waals surface area contributed by atoms with E-state index in [9.17, 15) is 4.79 Å². The number of amides is 1. The smallest absolute Gasteiger partial charge is 0.252 e. The highest BCUT2D eigenvalue weighted by Crippen LogP contribution is 2.37. The molecule has 0 saturated carbocycles. The van der Waals surface area contributed by atoms with Crippen LogP contribution in [0.25, 0.3) is 21.6 Å². The largest absolute Gasteiger partial charge is 0.457 e. The van der Waals surface area contributed by atoms with Crippen LogP contribution in [0.3, 0.4) is 0 Å². The molecule has 0 aliphatic carbocycles. The van der Waals surface area contributed by atoms with Crippen molar-refractivity contribution in [3.8, 4) is 22.8 Å². The molecule has 2 aliphatic heterocycles. The zero-order chi connectivity index (χ0) is 30.0. The molecule has 220 valence electrons. The maximum Gasteiger partial charge on any atom is 0.252 e. The van der Waals surface area contributed by atoms with Crippen LogP contribution < -0.4 is 10.5 Å². The summed E-state index contributed by atoms with van der Waals surface area (Å²) in [6.07, 6.45) is 8.26. The van der Waals surface area contributed by atoms with Gasteiger partial charge in [-0.1, -0.05) is 31.2 Å². The number of hydrogen-bond donors (Lipinski definition) is 1. The number of piperidine rings is 1. The Bertz CT molecular complexity index is 1720. The summed E-state index contributed by atoms with van der Waals surface area (Å²) in [6, 6.07) is 13.8. The molecule has 1 amide bonds. The average molecular weight is 581 g/mol. The van der Waals surface area contributed by atoms with Crippen LogP contribution in [-0.2, 0) is 9.53 Å². The standard InChI is InChI=1S/C33H33FN6O3/c1-33(12-17-42-18-13-33)20-27(36-2)32(41)39-15-6-7-22(21-39)31-38-28(29-30(35)37-14-16-40(29)31)25-11-10-24(19-26(25)34)43-23-8-4-3-5-9-23/h3-5,8-11,14,16,19-20,22H,6-7,12-13,15,17-18,21H2,1H3,(H2,35,37)/b27-20-/t22-/m1/s1. The van der Waals surface area contributed by atoms with E-state index in [2.05, 4.69) is 16.8 Å². The van der Waals surface area contributed by atoms with E-state index in [0.29, 0.717) is 54.8 Å². The van der Waals surface area contributed by atoms with E-state index in [1.807, 2.05) is 28.7 Å². The van der Waals surface area contributed by atoms with Gasteiger partial charge in [0.05, 0.1) is 6.57 Å². The molecule has 4 aromatic rings. The lowest BCUT2D eigenvalue weighted by Crippen LogP contribution is -2.40. The molecule has 2 aromatic heterocycles. The van der Waals surface area contributed by atoms with Crippen molar-refractivity contribution >= 4 is 17.2 Å². The molecule has 10 heteroatoms. The number of allylic oxidation sites excluding steroid dienone is 1. The van der Waals surface area contributed by atoms with Crippen LogP contribution >= 0.6 is 0 Å². The number of carbonyl (C=O) groups is 1. The molecule has 2 aromatic carbocycles. The van der Waals surface area contributed by atoms with Crippen LogP contribution in [0.5, 0.6) is 11.5 Å². The third-order valence-electron chi connectivity index (χ3n) is 8.32. The summed E-state index contributed by atoms with van der Waals surface area (Å²) in [5.74, 6) is 0.952. The number of nitrogen functional groups attached to an aromatic ring is 1. The zero-order valence-electron chi connectivity index (χ0n) is 24.0. The minimum Gasteiger partial charge on any atom is -0.457 e. The van der Waals surface area contributed by atoms with Crippen molar-refractivity contribution in [1.82, 2.24) is 19.3 Å². The van der Waals surface area contributed by atoms with Crippen LogP contribution in [0.1, 0.15) is 44.3 Å². The topological polar surface area (TPSA) is 99.3 Å². The van der Waals surface area contributed by atoms with Gasteiger partial charge in [0.1, 0.15) is 40.2 Å². The number of nitrogens with zero attached hydrogens (tertiary/aromatic N) is 5. The van der Waals surface area contributed by atoms with Crippen LogP contribution in [-0.4, -0.2) is 51.5 Å². The molecule has 43 heavy (non-hydrogen) atoms. The number of rotatable bonds is 6. The summed E-state index contributed by atoms with van der Waals surface area (Å²) >= 11 is 0. The number of nitrogens with two attached hydrogens (primary N) is 1. The first kappa shape index (κ1) is 28.4. The number of likely N-dealkylation sites (tertiary alicyclic amines) is 1. The van der Waals surface area contributed by atoms with Gasteiger partial charge < -0.3 is 20.1 Å². The lowest BCUT2D eigenvalue weighted by Gasteiger charge is -2.34. The van der Waals surface area contributed by atoms with Crippen molar-refractivity contribution in [2.45, 2.75) is 38.5 Å². The number of imidazole rings is 1. The fraction of sp³-hybridized carbons (Fsp3) is 0.333. The number of ether oxygens (including phenoxy) is 2. The maximum absolute atomic E-state index is 15.6. The van der Waals surface area contributed by atoms with Crippen molar-refractivity contribution < 1.29 is 18.7 Å². The van der Waals surface area contributed by atoms with Crippen LogP contribution in [0.4, 0.5) is 10.2 Å². The predicted octanol–water partition coefficient (Wildman–Crippen LogP) is 6.24. The van der Waals surface area contributed by atoms with E-state index in [1.165, 1.54) is 6.07 Å². The summed E-state index contributed by atoms with van der Waals surface area (Å²) in [4.78, 5) is 28.1. The van der Waals surface area contributed by atoms with Gasteiger partial charge in [-0.15, -0.1) is 0 Å². The van der Waals surface area contributed by atoms with Gasteiger partial charge in [-0.3, -0.25) is 9.20 Å². The number of anilines is 1. The third-order valence-corrected chi connectivity index (χ3v) is 8.32. The van der Waals surface area contributed by atoms with E-state index < -0.39 is 5.82 Å². The van der Waals surface area contributed by atoms with Gasteiger partial charge in [0, 0.05) is 56.2 Å². The van der Waals surface area contributed by atoms with Crippen molar-refractivity contribution in [1.29, 1.82) is 0 Å². The van der Waals surface area contributed by atoms with Gasteiger partial charge in [-0.25, -0.2) is 19.2 Å². The van der Waals surface area contributed by atoms with Gasteiger partial charge in [-0.05, 0) is 55.4 Å². The Morgan fingerprint density at radius 1 is 1.21 bits per heavy atom. The Balaban J connectivity index is 1.30. The molecule has 0 bridgehead atoms. The highest BCUT2D eigenvalue weighted by molar-refractivity contribution is 5.95. The molecule has 6 rings (SSSR count). The molecule has 1 atom stereocenters. The van der Waals surface area contributed by atoms with Gasteiger partial charge >= 0.3 is 0 Å². The Hall–Kier alpha value is -4.75. The molecule has 9 nitrogen and oxygen atoms in total. The lowest BCUT2D eigenvalue weighted by molar-refractivity contribution is -0.128. The fourth-order valence-electron chi connectivity index (χ4n) is 5.93. The Morgan fingerprint density at radius 2 is 2.00 bits per heavy atom. The van der Waals surface area contributed by atoms with Gasteiger partial charge in [0.25, 0.3) is 5.91 Å². The average Bonchev–Trinajstić information content (AvgIpc) is 3.41. The lowest BCUT2D eigenvalue weighted by atomic mass is 9.81. The van der Waals surface area contributed by atoms with E-state index in [1.54, 1.807) is 41.6 Å². The summed E-state index contributed by atoms with van der Waals surface area (Å²) in [6.45, 7) is 12.0. The Kier molecular flexibility index (Phi) is 7.82. The summed E-state index contributed by atoms with van der Waals surface area (Å²) in [7, 11) is 0. The first-order valence-corrected chi connectivity index (χ1v) is 14.5. The highest BCUT2D eigenvalue weighted by Gasteiger charge is 2.33. The first-order valence-electron chi connectivity index (χ1n) is 14.5. The highest BCUT2D eigenvalue weighted by atomic mass is 19.1. The number of para-hydroxylation sites is 1. The van der Waals surface area contributed by atoms with Gasteiger partial charge in [-0.2, -0.15) is 0 Å². The Labute approximate surface area is 249 Å². The molecule has 2 fully saturated rings. The molecule has 4 heterocycles. The third kappa shape index (κ3) is 5.81. The molecule has 0 spiro atoms. The molecule has 2 N–H and O–H groups in total. The monoisotopic (exact) mass is 580 g/mol. The SMILES string of the molecule is [C-]#[N+]/C(=C\C1(C)CCOCC1)C(=O)N1CCC[C@@H](c2nc(-c3ccc(Oc4ccccc4)cc3F)c3c(N)nccn23)C1. The number of halogens is 1. The minimum atomic E-state index is -0.503. The molecular weight excluding hydrogens is 547 g/mol. The predicted molar refractivity (Wildman–Crippen MR) is 161 cm³/mol. The number of aromatic nitrogens is 3. The van der Waals surface area contributed by atoms with Crippen molar-refractivity contribution in [3.63, 3.8) is 0 Å². The first-order chi connectivity index (χ1) is 20.8. The zero-order valence-corrected chi connectivity index (χ0v) is 24.0. The molecular formula is C33H33FN6O3. The fourth-order valence-corrected chi connectivity index (χ4v) is 5.93. The van der Waals surface area contributed by atoms with E-state index in [4.69, 9.17) is 26.8 Å². The second-order valence-corrected chi connectivity index (χ2v) is 11.4. The number of fused-ring (bicyclic) bond motifs is 1. The van der Waals surface area contributed by atoms with Crippen molar-refractivity contribution in [2.24, 2.45) is 5.41 Å². The molecule has 0 radical (unpaired) electrons. The van der Waals surface area contributed by atoms with Crippen LogP contribution in [0, 0.1) is 17.8 Å². The molecule has 2 saturated heterocycles. The number of hydrogen-bond acceptors (Lipinski definition) is 6. The number of carbonyl (C=O) groups excluding carboxylic acids is 1. The normalized spacial score (nSPS) is 18.8. The quantitative estimate of drug-likeness (QED) is 0.214. The molecule has 2 aliphatic rings. The second-order valence-electron chi connectivity index (χ2n) is 11.4. The van der Waals surface area contributed by atoms with E-state index in [-0.39, 0.29) is 34.3 Å². The Morgan fingerprint density at radius 3 is 2.74 bits per heavy atom. The van der Waals surface area contributed by atoms with Crippen molar-refractivity contribution in [3.05, 3.63) is 95.8 Å². The second kappa shape index (κ2) is 11.9. The van der Waals surface area contributed by atoms with Gasteiger partial charge in [0.15, 0.2) is 0 Å². The van der Waals surface area contributed by atoms with Crippen molar-refractivity contribution in [2.75, 3.05) is 32.0 Å². The van der Waals surface area contributed by atoms with Crippen LogP contribution in [0.15, 0.2) is 72.7 Å². The maximum atomic E-state index is 15.6. The summed E-state index contributed by atoms with van der Waals surface area (Å²) < 4.78 is 28.7. The number of benzene rings is 2. The summed E-state index contributed by atoms with van der Waals surface area (Å²) in [5.41, 5.74) is 7.38. The van der Waals surface area contributed by atoms with E-state index >= 15 is 4.39 Å².